The molecule has 14 heavy (non-hydrogen) atoms. The normalized spacial score (nSPS) is 13.4. The predicted molar refractivity (Wildman–Crippen MR) is 35.4 cm³/mol. The second kappa shape index (κ2) is 2.93. The van der Waals surface area contributed by atoms with Crippen LogP contribution in [0.5, 0.6) is 0 Å². The van der Waals surface area contributed by atoms with Crippen molar-refractivity contribution in [2.24, 2.45) is 7.05 Å². The molecule has 0 radical (unpaired) electrons. The Morgan fingerprint density at radius 3 is 1.71 bits per heavy atom. The third-order valence-corrected chi connectivity index (χ3v) is 1.62. The number of aromatic nitrogens is 1. The highest BCUT2D eigenvalue weighted by molar-refractivity contribution is 5.23. The number of halogens is 6. The first-order valence-electron chi connectivity index (χ1n) is 3.43. The maximum Gasteiger partial charge on any atom is 0.431 e. The van der Waals surface area contributed by atoms with Crippen LogP contribution in [-0.4, -0.2) is 4.57 Å². The average Bonchev–Trinajstić information content (AvgIpc) is 2.27. The molecule has 1 aromatic rings. The highest BCUT2D eigenvalue weighted by Crippen LogP contribution is 2.36. The molecule has 0 N–H and O–H groups in total. The van der Waals surface area contributed by atoms with Crippen LogP contribution in [-0.2, 0) is 19.4 Å². The van der Waals surface area contributed by atoms with Gasteiger partial charge in [-0.25, -0.2) is 0 Å². The minimum atomic E-state index is -4.77. The highest BCUT2D eigenvalue weighted by atomic mass is 19.4. The number of hydrogen-bond acceptors (Lipinski definition) is 0. The summed E-state index contributed by atoms with van der Waals surface area (Å²) in [5, 5.41) is 0. The van der Waals surface area contributed by atoms with Crippen LogP contribution >= 0.6 is 0 Å². The van der Waals surface area contributed by atoms with E-state index in [4.69, 9.17) is 0 Å². The quantitative estimate of drug-likeness (QED) is 0.588. The van der Waals surface area contributed by atoms with Crippen LogP contribution in [0.2, 0.25) is 0 Å². The monoisotopic (exact) mass is 217 g/mol. The summed E-state index contributed by atoms with van der Waals surface area (Å²) in [7, 11) is 0.915. The van der Waals surface area contributed by atoms with E-state index in [0.29, 0.717) is 10.8 Å². The van der Waals surface area contributed by atoms with Crippen molar-refractivity contribution >= 4 is 0 Å². The van der Waals surface area contributed by atoms with E-state index in [1.165, 1.54) is 0 Å². The van der Waals surface area contributed by atoms with Gasteiger partial charge >= 0.3 is 12.4 Å². The Hall–Kier alpha value is -1.14. The molecule has 0 aromatic carbocycles. The fourth-order valence-corrected chi connectivity index (χ4v) is 1.00. The fraction of sp³-hybridized carbons (Fsp3) is 0.429. The summed E-state index contributed by atoms with van der Waals surface area (Å²) in [5.41, 5.74) is -2.61. The van der Waals surface area contributed by atoms with Gasteiger partial charge in [0.1, 0.15) is 5.69 Å². The summed E-state index contributed by atoms with van der Waals surface area (Å²) >= 11 is 0. The summed E-state index contributed by atoms with van der Waals surface area (Å²) in [6, 6.07) is 0.0833. The van der Waals surface area contributed by atoms with E-state index in [9.17, 15) is 26.3 Å². The van der Waals surface area contributed by atoms with E-state index in [2.05, 4.69) is 0 Å². The van der Waals surface area contributed by atoms with Crippen molar-refractivity contribution in [2.75, 3.05) is 0 Å². The van der Waals surface area contributed by atoms with E-state index in [1.54, 1.807) is 0 Å². The van der Waals surface area contributed by atoms with Crippen LogP contribution in [0.15, 0.2) is 12.3 Å². The van der Waals surface area contributed by atoms with Gasteiger partial charge in [0.05, 0.1) is 5.56 Å². The van der Waals surface area contributed by atoms with Gasteiger partial charge in [0.15, 0.2) is 0 Å². The van der Waals surface area contributed by atoms with Gasteiger partial charge in [0.25, 0.3) is 0 Å². The van der Waals surface area contributed by atoms with Crippen molar-refractivity contribution < 1.29 is 26.3 Å². The van der Waals surface area contributed by atoms with Crippen molar-refractivity contribution in [3.05, 3.63) is 23.5 Å². The maximum atomic E-state index is 12.1. The lowest BCUT2D eigenvalue weighted by molar-refractivity contribution is -0.144. The first-order chi connectivity index (χ1) is 6.12. The molecule has 0 fully saturated rings. The van der Waals surface area contributed by atoms with Crippen molar-refractivity contribution in [2.45, 2.75) is 12.4 Å². The summed E-state index contributed by atoms with van der Waals surface area (Å²) in [6.45, 7) is 0. The highest BCUT2D eigenvalue weighted by Gasteiger charge is 2.39. The zero-order valence-electron chi connectivity index (χ0n) is 6.87. The molecule has 0 saturated heterocycles. The Kier molecular flexibility index (Phi) is 2.29. The molecule has 0 amide bonds. The molecule has 0 aliphatic rings. The molecular weight excluding hydrogens is 212 g/mol. The SMILES string of the molecule is Cn1cc(C(F)(F)F)cc1C(F)(F)F. The third-order valence-electron chi connectivity index (χ3n) is 1.62. The smallest absolute Gasteiger partial charge is 0.346 e. The lowest BCUT2D eigenvalue weighted by Gasteiger charge is -2.05. The molecular formula is C7H5F6N. The average molecular weight is 217 g/mol. The molecule has 7 heteroatoms. The minimum Gasteiger partial charge on any atom is -0.346 e. The van der Waals surface area contributed by atoms with E-state index in [0.717, 1.165) is 7.05 Å². The second-order valence-corrected chi connectivity index (χ2v) is 2.72. The molecule has 0 atom stereocenters. The summed E-state index contributed by atoms with van der Waals surface area (Å²) in [5.74, 6) is 0. The van der Waals surface area contributed by atoms with Gasteiger partial charge in [-0.05, 0) is 6.07 Å². The zero-order chi connectivity index (χ0) is 11.1. The summed E-state index contributed by atoms with van der Waals surface area (Å²) < 4.78 is 72.6. The molecule has 0 aliphatic heterocycles. The largest absolute Gasteiger partial charge is 0.431 e. The van der Waals surface area contributed by atoms with E-state index in [-0.39, 0.29) is 6.07 Å². The molecule has 80 valence electrons. The van der Waals surface area contributed by atoms with Gasteiger partial charge in [-0.1, -0.05) is 0 Å². The standard InChI is InChI=1S/C7H5F6N/c1-14-3-4(6(8,9)10)2-5(14)7(11,12)13/h2-3H,1H3. The Morgan fingerprint density at radius 2 is 1.50 bits per heavy atom. The first-order valence-corrected chi connectivity index (χ1v) is 3.43. The Balaban J connectivity index is 3.19. The van der Waals surface area contributed by atoms with Gasteiger partial charge < -0.3 is 4.57 Å². The van der Waals surface area contributed by atoms with Crippen molar-refractivity contribution in [1.29, 1.82) is 0 Å². The van der Waals surface area contributed by atoms with Gasteiger partial charge in [-0.3, -0.25) is 0 Å². The van der Waals surface area contributed by atoms with Crippen molar-refractivity contribution in [3.8, 4) is 0 Å². The molecule has 0 unspecified atom stereocenters. The van der Waals surface area contributed by atoms with Crippen LogP contribution in [0.3, 0.4) is 0 Å². The lowest BCUT2D eigenvalue weighted by atomic mass is 10.3. The Morgan fingerprint density at radius 1 is 1.00 bits per heavy atom. The molecule has 1 nitrogen and oxygen atoms in total. The Labute approximate surface area is 74.9 Å². The second-order valence-electron chi connectivity index (χ2n) is 2.72. The van der Waals surface area contributed by atoms with Gasteiger partial charge in [0, 0.05) is 13.2 Å². The topological polar surface area (TPSA) is 4.93 Å². The molecule has 1 heterocycles. The van der Waals surface area contributed by atoms with Gasteiger partial charge in [-0.15, -0.1) is 0 Å². The number of nitrogens with zero attached hydrogens (tertiary/aromatic N) is 1. The van der Waals surface area contributed by atoms with Crippen molar-refractivity contribution in [3.63, 3.8) is 0 Å². The third kappa shape index (κ3) is 2.02. The van der Waals surface area contributed by atoms with E-state index in [1.807, 2.05) is 0 Å². The van der Waals surface area contributed by atoms with Crippen LogP contribution < -0.4 is 0 Å². The Bertz CT molecular complexity index is 331. The van der Waals surface area contributed by atoms with E-state index < -0.39 is 23.6 Å². The number of aryl methyl sites for hydroxylation is 1. The first kappa shape index (κ1) is 10.9. The van der Waals surface area contributed by atoms with Crippen LogP contribution in [0.4, 0.5) is 26.3 Å². The summed E-state index contributed by atoms with van der Waals surface area (Å²) in [4.78, 5) is 0. The molecule has 0 bridgehead atoms. The number of alkyl halides is 6. The number of hydrogen-bond donors (Lipinski definition) is 0. The fourth-order valence-electron chi connectivity index (χ4n) is 1.00. The molecule has 0 spiro atoms. The maximum absolute atomic E-state index is 12.1. The lowest BCUT2D eigenvalue weighted by Crippen LogP contribution is -2.09. The predicted octanol–water partition coefficient (Wildman–Crippen LogP) is 3.06. The molecule has 0 aliphatic carbocycles. The van der Waals surface area contributed by atoms with Crippen LogP contribution in [0, 0.1) is 0 Å². The zero-order valence-corrected chi connectivity index (χ0v) is 6.87. The van der Waals surface area contributed by atoms with Crippen LogP contribution in [0.1, 0.15) is 11.3 Å². The van der Waals surface area contributed by atoms with Gasteiger partial charge in [0.2, 0.25) is 0 Å². The molecule has 1 rings (SSSR count). The molecule has 0 saturated carbocycles. The minimum absolute atomic E-state index is 0.0833. The van der Waals surface area contributed by atoms with Crippen LogP contribution in [0.25, 0.3) is 0 Å². The van der Waals surface area contributed by atoms with E-state index >= 15 is 0 Å². The molecule has 1 aromatic heterocycles. The van der Waals surface area contributed by atoms with Gasteiger partial charge in [-0.2, -0.15) is 26.3 Å². The summed E-state index contributed by atoms with van der Waals surface area (Å²) in [6.07, 6.45) is -9.11. The number of rotatable bonds is 0. The van der Waals surface area contributed by atoms with Crippen molar-refractivity contribution in [1.82, 2.24) is 4.57 Å².